The van der Waals surface area contributed by atoms with E-state index in [0.717, 1.165) is 22.0 Å². The Bertz CT molecular complexity index is 763. The molecular weight excluding hydrogens is 246 g/mol. The van der Waals surface area contributed by atoms with Crippen LogP contribution < -0.4 is 5.56 Å². The molecule has 2 heteroatoms. The van der Waals surface area contributed by atoms with Gasteiger partial charge in [-0.2, -0.15) is 0 Å². The molecule has 2 nitrogen and oxygen atoms in total. The van der Waals surface area contributed by atoms with Crippen molar-refractivity contribution in [1.82, 2.24) is 4.98 Å². The number of aromatic nitrogens is 1. The lowest BCUT2D eigenvalue weighted by Crippen LogP contribution is -2.04. The molecule has 2 aromatic carbocycles. The SMILES string of the molecule is CC.Cc1ccc2[nH]c(=O)cc(-c3ccccc3)c2c1.[HH]. The second kappa shape index (κ2) is 6.20. The average Bonchev–Trinajstić information content (AvgIpc) is 2.50. The van der Waals surface area contributed by atoms with Crippen LogP contribution >= 0.6 is 0 Å². The molecule has 0 aliphatic carbocycles. The van der Waals surface area contributed by atoms with Gasteiger partial charge in [-0.1, -0.05) is 55.8 Å². The van der Waals surface area contributed by atoms with Crippen molar-refractivity contribution < 1.29 is 1.43 Å². The summed E-state index contributed by atoms with van der Waals surface area (Å²) in [6.07, 6.45) is 0. The molecule has 3 aromatic rings. The third kappa shape index (κ3) is 2.80. The monoisotopic (exact) mass is 267 g/mol. The van der Waals surface area contributed by atoms with Crippen LogP contribution in [-0.2, 0) is 0 Å². The molecule has 1 heterocycles. The summed E-state index contributed by atoms with van der Waals surface area (Å²) in [4.78, 5) is 14.6. The van der Waals surface area contributed by atoms with E-state index in [4.69, 9.17) is 0 Å². The molecule has 20 heavy (non-hydrogen) atoms. The molecule has 0 aliphatic heterocycles. The van der Waals surface area contributed by atoms with Crippen LogP contribution in [0.3, 0.4) is 0 Å². The van der Waals surface area contributed by atoms with Gasteiger partial charge >= 0.3 is 0 Å². The van der Waals surface area contributed by atoms with Crippen LogP contribution in [0.25, 0.3) is 22.0 Å². The number of rotatable bonds is 1. The van der Waals surface area contributed by atoms with Crippen molar-refractivity contribution in [3.05, 3.63) is 70.5 Å². The van der Waals surface area contributed by atoms with Crippen LogP contribution in [0, 0.1) is 6.92 Å². The first-order chi connectivity index (χ1) is 9.74. The van der Waals surface area contributed by atoms with E-state index in [2.05, 4.69) is 18.0 Å². The minimum absolute atomic E-state index is 0. The normalized spacial score (nSPS) is 9.95. The van der Waals surface area contributed by atoms with Gasteiger partial charge in [-0.3, -0.25) is 4.79 Å². The van der Waals surface area contributed by atoms with Crippen LogP contribution in [0.4, 0.5) is 0 Å². The number of pyridine rings is 1. The Labute approximate surface area is 120 Å². The molecule has 0 atom stereocenters. The fourth-order valence-electron chi connectivity index (χ4n) is 2.22. The van der Waals surface area contributed by atoms with Gasteiger partial charge in [0, 0.05) is 18.4 Å². The molecule has 0 amide bonds. The molecular formula is C18H21NO. The van der Waals surface area contributed by atoms with Crippen molar-refractivity contribution in [2.24, 2.45) is 0 Å². The molecule has 3 rings (SSSR count). The van der Waals surface area contributed by atoms with Gasteiger partial charge in [-0.05, 0) is 30.2 Å². The minimum atomic E-state index is -0.0646. The number of fused-ring (bicyclic) bond motifs is 1. The second-order valence-electron chi connectivity index (χ2n) is 4.46. The molecule has 0 radical (unpaired) electrons. The van der Waals surface area contributed by atoms with E-state index >= 15 is 0 Å². The van der Waals surface area contributed by atoms with E-state index in [1.165, 1.54) is 5.56 Å². The molecule has 0 unspecified atom stereocenters. The highest BCUT2D eigenvalue weighted by Gasteiger charge is 2.05. The van der Waals surface area contributed by atoms with Gasteiger partial charge in [0.15, 0.2) is 0 Å². The maximum absolute atomic E-state index is 11.7. The number of hydrogen-bond acceptors (Lipinski definition) is 1. The highest BCUT2D eigenvalue weighted by molar-refractivity contribution is 5.94. The van der Waals surface area contributed by atoms with E-state index in [-0.39, 0.29) is 6.99 Å². The van der Waals surface area contributed by atoms with Crippen LogP contribution in [-0.4, -0.2) is 4.98 Å². The summed E-state index contributed by atoms with van der Waals surface area (Å²) >= 11 is 0. The van der Waals surface area contributed by atoms with Crippen LogP contribution in [0.1, 0.15) is 20.8 Å². The molecule has 1 aromatic heterocycles. The number of aryl methyl sites for hydroxylation is 1. The first-order valence-corrected chi connectivity index (χ1v) is 6.93. The van der Waals surface area contributed by atoms with Gasteiger partial charge in [-0.15, -0.1) is 0 Å². The number of nitrogens with one attached hydrogen (secondary N) is 1. The summed E-state index contributed by atoms with van der Waals surface area (Å²) in [5, 5.41) is 1.08. The molecule has 0 fully saturated rings. The largest absolute Gasteiger partial charge is 0.322 e. The zero-order valence-electron chi connectivity index (χ0n) is 12.1. The zero-order chi connectivity index (χ0) is 14.5. The molecule has 1 N–H and O–H groups in total. The van der Waals surface area contributed by atoms with Crippen molar-refractivity contribution in [2.45, 2.75) is 20.8 Å². The highest BCUT2D eigenvalue weighted by Crippen LogP contribution is 2.26. The average molecular weight is 267 g/mol. The third-order valence-corrected chi connectivity index (χ3v) is 3.08. The van der Waals surface area contributed by atoms with Gasteiger partial charge in [0.05, 0.1) is 0 Å². The Morgan fingerprint density at radius 2 is 1.65 bits per heavy atom. The van der Waals surface area contributed by atoms with Crippen LogP contribution in [0.15, 0.2) is 59.4 Å². The van der Waals surface area contributed by atoms with Gasteiger partial charge < -0.3 is 4.98 Å². The lowest BCUT2D eigenvalue weighted by atomic mass is 10.0. The van der Waals surface area contributed by atoms with E-state index in [0.29, 0.717) is 0 Å². The quantitative estimate of drug-likeness (QED) is 0.676. The van der Waals surface area contributed by atoms with Crippen molar-refractivity contribution in [2.75, 3.05) is 0 Å². The maximum atomic E-state index is 11.7. The van der Waals surface area contributed by atoms with E-state index in [9.17, 15) is 4.79 Å². The fraction of sp³-hybridized carbons (Fsp3) is 0.167. The standard InChI is InChI=1S/C16H13NO.C2H6.H2/c1-11-7-8-15-14(9-11)13(10-16(18)17-15)12-5-3-2-4-6-12;1-2;/h2-10H,1H3,(H,17,18);1-2H3;1H. The third-order valence-electron chi connectivity index (χ3n) is 3.08. The Morgan fingerprint density at radius 1 is 0.950 bits per heavy atom. The first-order valence-electron chi connectivity index (χ1n) is 6.93. The number of H-pyrrole nitrogens is 1. The fourth-order valence-corrected chi connectivity index (χ4v) is 2.22. The highest BCUT2D eigenvalue weighted by atomic mass is 16.1. The Morgan fingerprint density at radius 3 is 2.35 bits per heavy atom. The summed E-state index contributed by atoms with van der Waals surface area (Å²) in [5.41, 5.74) is 4.06. The van der Waals surface area contributed by atoms with E-state index in [1.807, 2.05) is 56.3 Å². The van der Waals surface area contributed by atoms with E-state index < -0.39 is 0 Å². The predicted molar refractivity (Wildman–Crippen MR) is 88.2 cm³/mol. The van der Waals surface area contributed by atoms with Crippen molar-refractivity contribution in [3.63, 3.8) is 0 Å². The van der Waals surface area contributed by atoms with Gasteiger partial charge in [0.1, 0.15) is 0 Å². The zero-order valence-corrected chi connectivity index (χ0v) is 12.1. The van der Waals surface area contributed by atoms with Crippen molar-refractivity contribution >= 4 is 10.9 Å². The smallest absolute Gasteiger partial charge is 0.249 e. The molecule has 0 saturated heterocycles. The van der Waals surface area contributed by atoms with Crippen molar-refractivity contribution in [1.29, 1.82) is 0 Å². The van der Waals surface area contributed by atoms with Gasteiger partial charge in [0.2, 0.25) is 5.56 Å². The number of aromatic amines is 1. The summed E-state index contributed by atoms with van der Waals surface area (Å²) < 4.78 is 0. The molecule has 0 saturated carbocycles. The van der Waals surface area contributed by atoms with Gasteiger partial charge in [-0.25, -0.2) is 0 Å². The first kappa shape index (κ1) is 14.1. The molecule has 104 valence electrons. The second-order valence-corrected chi connectivity index (χ2v) is 4.46. The Hall–Kier alpha value is -2.35. The molecule has 0 spiro atoms. The number of benzene rings is 2. The lowest BCUT2D eigenvalue weighted by molar-refractivity contribution is 1.30. The minimum Gasteiger partial charge on any atom is -0.322 e. The summed E-state index contributed by atoms with van der Waals surface area (Å²) in [6.45, 7) is 6.05. The Balaban J connectivity index is 0.000000706. The topological polar surface area (TPSA) is 32.9 Å². The van der Waals surface area contributed by atoms with Crippen molar-refractivity contribution in [3.8, 4) is 11.1 Å². The van der Waals surface area contributed by atoms with Crippen LogP contribution in [0.2, 0.25) is 0 Å². The Kier molecular flexibility index (Phi) is 4.36. The summed E-state index contributed by atoms with van der Waals surface area (Å²) in [6, 6.07) is 17.7. The van der Waals surface area contributed by atoms with Crippen LogP contribution in [0.5, 0.6) is 0 Å². The summed E-state index contributed by atoms with van der Waals surface area (Å²) in [7, 11) is 0. The lowest BCUT2D eigenvalue weighted by Gasteiger charge is -2.07. The summed E-state index contributed by atoms with van der Waals surface area (Å²) in [5.74, 6) is 0. The maximum Gasteiger partial charge on any atom is 0.249 e. The molecule has 0 aliphatic rings. The molecule has 0 bridgehead atoms. The van der Waals surface area contributed by atoms with E-state index in [1.54, 1.807) is 6.07 Å². The number of hydrogen-bond donors (Lipinski definition) is 1. The van der Waals surface area contributed by atoms with Gasteiger partial charge in [0.25, 0.3) is 0 Å². The predicted octanol–water partition coefficient (Wildman–Crippen LogP) is 4.78.